The van der Waals surface area contributed by atoms with Crippen molar-refractivity contribution in [1.82, 2.24) is 0 Å². The van der Waals surface area contributed by atoms with Gasteiger partial charge in [-0.1, -0.05) is 40.0 Å². The fourth-order valence-corrected chi connectivity index (χ4v) is 1.69. The quantitative estimate of drug-likeness (QED) is 0.775. The summed E-state index contributed by atoms with van der Waals surface area (Å²) >= 11 is 0. The van der Waals surface area contributed by atoms with Crippen LogP contribution in [-0.4, -0.2) is 17.8 Å². The van der Waals surface area contributed by atoms with Gasteiger partial charge in [0.25, 0.3) is 0 Å². The zero-order chi connectivity index (χ0) is 11.8. The molecule has 0 bridgehead atoms. The number of allylic oxidation sites excluding steroid dienone is 2. The fraction of sp³-hybridized carbons (Fsp3) is 0.538. The molecule has 0 fully saturated rings. The Morgan fingerprint density at radius 2 is 2.00 bits per heavy atom. The lowest BCUT2D eigenvalue weighted by molar-refractivity contribution is 0.0238. The lowest BCUT2D eigenvalue weighted by atomic mass is 9.88. The third kappa shape index (κ3) is 3.24. The highest BCUT2D eigenvalue weighted by Crippen LogP contribution is 2.29. The molecule has 86 valence electrons. The Morgan fingerprint density at radius 1 is 1.40 bits per heavy atom. The van der Waals surface area contributed by atoms with Gasteiger partial charge < -0.3 is 9.84 Å². The van der Waals surface area contributed by atoms with Crippen LogP contribution in [0, 0.1) is 5.92 Å². The molecule has 1 N–H and O–H groups in total. The largest absolute Gasteiger partial charge is 0.491 e. The van der Waals surface area contributed by atoms with Crippen molar-refractivity contribution in [2.75, 3.05) is 6.61 Å². The first kappa shape index (κ1) is 14.0. The Hall–Kier alpha value is -1.02. The van der Waals surface area contributed by atoms with E-state index in [-0.39, 0.29) is 5.92 Å². The molecule has 1 aliphatic heterocycles. The van der Waals surface area contributed by atoms with E-state index in [1.807, 2.05) is 20.8 Å². The van der Waals surface area contributed by atoms with Gasteiger partial charge in [0.15, 0.2) is 0 Å². The van der Waals surface area contributed by atoms with Crippen LogP contribution in [0.25, 0.3) is 0 Å². The molecule has 0 amide bonds. The van der Waals surface area contributed by atoms with Crippen molar-refractivity contribution in [1.29, 1.82) is 0 Å². The molecule has 2 atom stereocenters. The maximum atomic E-state index is 9.64. The van der Waals surface area contributed by atoms with Crippen molar-refractivity contribution in [3.63, 3.8) is 0 Å². The van der Waals surface area contributed by atoms with Crippen molar-refractivity contribution in [3.05, 3.63) is 36.6 Å². The highest BCUT2D eigenvalue weighted by molar-refractivity contribution is 5.31. The van der Waals surface area contributed by atoms with Crippen LogP contribution in [-0.2, 0) is 4.74 Å². The standard InChI is InChI=1S/C11H16O2.C2H6/c1-4-8-9(5-2)11(6-3)13-7-10(8)12;1-2/h5-6,8,10,12H,2-4,7H2,1H3;1-2H3. The summed E-state index contributed by atoms with van der Waals surface area (Å²) in [6.07, 6.45) is 3.89. The third-order valence-electron chi connectivity index (χ3n) is 2.40. The normalized spacial score (nSPS) is 24.8. The molecule has 2 nitrogen and oxygen atoms in total. The minimum atomic E-state index is -0.415. The van der Waals surface area contributed by atoms with Crippen molar-refractivity contribution in [2.45, 2.75) is 33.3 Å². The lowest BCUT2D eigenvalue weighted by Crippen LogP contribution is -2.31. The molecule has 0 aromatic carbocycles. The maximum absolute atomic E-state index is 9.64. The summed E-state index contributed by atoms with van der Waals surface area (Å²) < 4.78 is 5.32. The van der Waals surface area contributed by atoms with Gasteiger partial charge in [-0.15, -0.1) is 0 Å². The van der Waals surface area contributed by atoms with E-state index in [4.69, 9.17) is 4.74 Å². The Bertz CT molecular complexity index is 241. The van der Waals surface area contributed by atoms with Gasteiger partial charge in [-0.2, -0.15) is 0 Å². The Morgan fingerprint density at radius 3 is 2.40 bits per heavy atom. The van der Waals surface area contributed by atoms with Gasteiger partial charge in [-0.25, -0.2) is 0 Å². The summed E-state index contributed by atoms with van der Waals surface area (Å²) in [5.74, 6) is 0.895. The summed E-state index contributed by atoms with van der Waals surface area (Å²) in [6.45, 7) is 13.8. The first-order valence-corrected chi connectivity index (χ1v) is 5.54. The minimum absolute atomic E-state index is 0.138. The summed E-state index contributed by atoms with van der Waals surface area (Å²) in [7, 11) is 0. The molecule has 2 heteroatoms. The van der Waals surface area contributed by atoms with Gasteiger partial charge in [0, 0.05) is 5.92 Å². The molecule has 0 spiro atoms. The molecular formula is C13H22O2. The van der Waals surface area contributed by atoms with Crippen LogP contribution in [0.3, 0.4) is 0 Å². The highest BCUT2D eigenvalue weighted by atomic mass is 16.5. The second-order valence-corrected chi connectivity index (χ2v) is 3.12. The molecule has 1 heterocycles. The van der Waals surface area contributed by atoms with E-state index in [9.17, 15) is 5.11 Å². The molecule has 0 saturated heterocycles. The average Bonchev–Trinajstić information content (AvgIpc) is 2.31. The maximum Gasteiger partial charge on any atom is 0.122 e. The smallest absolute Gasteiger partial charge is 0.122 e. The van der Waals surface area contributed by atoms with Gasteiger partial charge in [0.05, 0.1) is 6.10 Å². The number of ether oxygens (including phenoxy) is 1. The summed E-state index contributed by atoms with van der Waals surface area (Å²) in [4.78, 5) is 0. The summed E-state index contributed by atoms with van der Waals surface area (Å²) in [6, 6.07) is 0. The second kappa shape index (κ2) is 7.30. The van der Waals surface area contributed by atoms with Gasteiger partial charge in [0.1, 0.15) is 12.4 Å². The topological polar surface area (TPSA) is 29.5 Å². The van der Waals surface area contributed by atoms with Gasteiger partial charge in [-0.05, 0) is 18.1 Å². The van der Waals surface area contributed by atoms with E-state index in [0.29, 0.717) is 6.61 Å². The number of aliphatic hydroxyl groups excluding tert-OH is 1. The van der Waals surface area contributed by atoms with Gasteiger partial charge in [-0.3, -0.25) is 0 Å². The number of hydrogen-bond donors (Lipinski definition) is 1. The fourth-order valence-electron chi connectivity index (χ4n) is 1.69. The predicted molar refractivity (Wildman–Crippen MR) is 64.5 cm³/mol. The third-order valence-corrected chi connectivity index (χ3v) is 2.40. The van der Waals surface area contributed by atoms with Crippen LogP contribution in [0.15, 0.2) is 36.6 Å². The van der Waals surface area contributed by atoms with Crippen molar-refractivity contribution < 1.29 is 9.84 Å². The van der Waals surface area contributed by atoms with Gasteiger partial charge >= 0.3 is 0 Å². The Balaban J connectivity index is 0.000000921. The van der Waals surface area contributed by atoms with Crippen LogP contribution in [0.4, 0.5) is 0 Å². The van der Waals surface area contributed by atoms with E-state index in [2.05, 4.69) is 13.2 Å². The number of aliphatic hydroxyl groups is 1. The molecular weight excluding hydrogens is 188 g/mol. The molecule has 1 rings (SSSR count). The zero-order valence-electron chi connectivity index (χ0n) is 9.99. The molecule has 0 aromatic heterocycles. The monoisotopic (exact) mass is 210 g/mol. The molecule has 0 aliphatic carbocycles. The van der Waals surface area contributed by atoms with E-state index in [1.165, 1.54) is 0 Å². The lowest BCUT2D eigenvalue weighted by Gasteiger charge is -2.29. The summed E-state index contributed by atoms with van der Waals surface area (Å²) in [5.41, 5.74) is 0.969. The van der Waals surface area contributed by atoms with Crippen LogP contribution < -0.4 is 0 Å². The summed E-state index contributed by atoms with van der Waals surface area (Å²) in [5, 5.41) is 9.64. The Labute approximate surface area is 93.0 Å². The Kier molecular flexibility index (Phi) is 6.80. The van der Waals surface area contributed by atoms with E-state index < -0.39 is 6.10 Å². The first-order valence-electron chi connectivity index (χ1n) is 5.54. The molecule has 2 unspecified atom stereocenters. The molecule has 0 saturated carbocycles. The molecule has 0 aromatic rings. The van der Waals surface area contributed by atoms with E-state index in [1.54, 1.807) is 12.2 Å². The van der Waals surface area contributed by atoms with E-state index >= 15 is 0 Å². The number of hydrogen-bond acceptors (Lipinski definition) is 2. The van der Waals surface area contributed by atoms with Gasteiger partial charge in [0.2, 0.25) is 0 Å². The van der Waals surface area contributed by atoms with Crippen LogP contribution >= 0.6 is 0 Å². The van der Waals surface area contributed by atoms with E-state index in [0.717, 1.165) is 17.8 Å². The average molecular weight is 210 g/mol. The molecule has 0 radical (unpaired) electrons. The molecule has 15 heavy (non-hydrogen) atoms. The predicted octanol–water partition coefficient (Wildman–Crippen LogP) is 3.06. The minimum Gasteiger partial charge on any atom is -0.491 e. The van der Waals surface area contributed by atoms with Crippen molar-refractivity contribution in [3.8, 4) is 0 Å². The second-order valence-electron chi connectivity index (χ2n) is 3.12. The van der Waals surface area contributed by atoms with Crippen molar-refractivity contribution in [2.24, 2.45) is 5.92 Å². The van der Waals surface area contributed by atoms with Crippen LogP contribution in [0.2, 0.25) is 0 Å². The first-order chi connectivity index (χ1) is 7.24. The zero-order valence-corrected chi connectivity index (χ0v) is 9.99. The van der Waals surface area contributed by atoms with Crippen LogP contribution in [0.5, 0.6) is 0 Å². The van der Waals surface area contributed by atoms with Crippen molar-refractivity contribution >= 4 is 0 Å². The highest BCUT2D eigenvalue weighted by Gasteiger charge is 2.27. The van der Waals surface area contributed by atoms with Crippen LogP contribution in [0.1, 0.15) is 27.2 Å². The SMILES string of the molecule is C=CC1=C(C=C)C(CC)C(O)CO1.CC. The molecule has 1 aliphatic rings. The number of rotatable bonds is 3.